The third kappa shape index (κ3) is 4.24. The number of benzene rings is 1. The first kappa shape index (κ1) is 18.4. The van der Waals surface area contributed by atoms with E-state index in [1.54, 1.807) is 6.07 Å². The Morgan fingerprint density at radius 3 is 2.72 bits per heavy atom. The van der Waals surface area contributed by atoms with E-state index in [-0.39, 0.29) is 12.5 Å². The van der Waals surface area contributed by atoms with E-state index in [9.17, 15) is 9.59 Å². The molecule has 0 radical (unpaired) electrons. The highest BCUT2D eigenvalue weighted by molar-refractivity contribution is 9.11. The van der Waals surface area contributed by atoms with Gasteiger partial charge < -0.3 is 15.8 Å². The van der Waals surface area contributed by atoms with Gasteiger partial charge in [0.05, 0.1) is 10.0 Å². The number of anilines is 1. The van der Waals surface area contributed by atoms with Crippen molar-refractivity contribution in [2.24, 2.45) is 5.73 Å². The summed E-state index contributed by atoms with van der Waals surface area (Å²) in [7, 11) is 0. The number of nitrogens with two attached hydrogens (primary N) is 1. The molecule has 2 amide bonds. The monoisotopic (exact) mass is 486 g/mol. The van der Waals surface area contributed by atoms with Crippen LogP contribution in [0.25, 0.3) is 0 Å². The van der Waals surface area contributed by atoms with Crippen molar-refractivity contribution in [3.63, 3.8) is 0 Å². The fourth-order valence-electron chi connectivity index (χ4n) is 2.81. The summed E-state index contributed by atoms with van der Waals surface area (Å²) in [4.78, 5) is 25.2. The Labute approximate surface area is 166 Å². The molecule has 0 unspecified atom stereocenters. The zero-order chi connectivity index (χ0) is 18.0. The lowest BCUT2D eigenvalue weighted by Gasteiger charge is -2.11. The Balaban J connectivity index is 1.70. The molecule has 8 heteroatoms. The number of ether oxygens (including phenoxy) is 1. The number of primary amides is 1. The lowest BCUT2D eigenvalue weighted by atomic mass is 9.95. The molecule has 2 aromatic rings. The van der Waals surface area contributed by atoms with Gasteiger partial charge in [-0.15, -0.1) is 11.3 Å². The van der Waals surface area contributed by atoms with Crippen LogP contribution >= 0.6 is 43.2 Å². The van der Waals surface area contributed by atoms with E-state index in [0.29, 0.717) is 16.3 Å². The van der Waals surface area contributed by atoms with Crippen molar-refractivity contribution in [1.29, 1.82) is 0 Å². The molecule has 0 aliphatic heterocycles. The molecule has 0 saturated heterocycles. The molecule has 0 atom stereocenters. The van der Waals surface area contributed by atoms with Crippen molar-refractivity contribution in [1.82, 2.24) is 0 Å². The van der Waals surface area contributed by atoms with Crippen molar-refractivity contribution in [2.75, 3.05) is 11.9 Å². The first-order chi connectivity index (χ1) is 12.0. The molecular weight excluding hydrogens is 472 g/mol. The van der Waals surface area contributed by atoms with Gasteiger partial charge in [0.1, 0.15) is 10.8 Å². The van der Waals surface area contributed by atoms with E-state index in [1.807, 2.05) is 12.1 Å². The fourth-order valence-corrected chi connectivity index (χ4v) is 5.29. The van der Waals surface area contributed by atoms with E-state index in [2.05, 4.69) is 37.2 Å². The lowest BCUT2D eigenvalue weighted by molar-refractivity contribution is -0.118. The van der Waals surface area contributed by atoms with Gasteiger partial charge in [0, 0.05) is 9.35 Å². The summed E-state index contributed by atoms with van der Waals surface area (Å²) < 4.78 is 7.19. The van der Waals surface area contributed by atoms with Crippen molar-refractivity contribution < 1.29 is 14.3 Å². The molecule has 1 aliphatic carbocycles. The summed E-state index contributed by atoms with van der Waals surface area (Å²) in [5.41, 5.74) is 6.98. The fraction of sp³-hybridized carbons (Fsp3) is 0.294. The summed E-state index contributed by atoms with van der Waals surface area (Å²) in [5.74, 6) is -0.249. The predicted molar refractivity (Wildman–Crippen MR) is 105 cm³/mol. The number of thiophene rings is 1. The topological polar surface area (TPSA) is 81.4 Å². The van der Waals surface area contributed by atoms with Gasteiger partial charge in [-0.1, -0.05) is 15.9 Å². The van der Waals surface area contributed by atoms with Gasteiger partial charge in [-0.2, -0.15) is 0 Å². The van der Waals surface area contributed by atoms with Gasteiger partial charge in [-0.05, 0) is 65.4 Å². The number of halogens is 2. The quantitative estimate of drug-likeness (QED) is 0.660. The lowest BCUT2D eigenvalue weighted by Crippen LogP contribution is -2.22. The van der Waals surface area contributed by atoms with Crippen molar-refractivity contribution in [3.8, 4) is 5.75 Å². The first-order valence-corrected chi connectivity index (χ1v) is 10.2. The summed E-state index contributed by atoms with van der Waals surface area (Å²) in [5, 5.41) is 3.31. The SMILES string of the molecule is NC(=O)c1c(NC(=O)COc2ccc(Br)cc2Br)sc2c1CCCC2. The van der Waals surface area contributed by atoms with E-state index in [4.69, 9.17) is 10.5 Å². The molecule has 0 spiro atoms. The highest BCUT2D eigenvalue weighted by Gasteiger charge is 2.25. The molecule has 132 valence electrons. The van der Waals surface area contributed by atoms with E-state index >= 15 is 0 Å². The van der Waals surface area contributed by atoms with Gasteiger partial charge >= 0.3 is 0 Å². The molecule has 5 nitrogen and oxygen atoms in total. The van der Waals surface area contributed by atoms with E-state index < -0.39 is 5.91 Å². The van der Waals surface area contributed by atoms with E-state index in [0.717, 1.165) is 45.1 Å². The largest absolute Gasteiger partial charge is 0.483 e. The Morgan fingerprint density at radius 1 is 1.24 bits per heavy atom. The number of aryl methyl sites for hydroxylation is 1. The molecule has 1 aliphatic rings. The number of carbonyl (C=O) groups is 2. The maximum atomic E-state index is 12.2. The number of hydrogen-bond donors (Lipinski definition) is 2. The molecule has 3 N–H and O–H groups in total. The third-order valence-electron chi connectivity index (χ3n) is 3.92. The predicted octanol–water partition coefficient (Wildman–Crippen LogP) is 4.27. The van der Waals surface area contributed by atoms with Crippen LogP contribution in [0.4, 0.5) is 5.00 Å². The maximum absolute atomic E-state index is 12.2. The van der Waals surface area contributed by atoms with Crippen molar-refractivity contribution in [3.05, 3.63) is 43.1 Å². The van der Waals surface area contributed by atoms with Crippen LogP contribution in [0.2, 0.25) is 0 Å². The molecule has 3 rings (SSSR count). The highest BCUT2D eigenvalue weighted by Crippen LogP contribution is 2.38. The van der Waals surface area contributed by atoms with Gasteiger partial charge in [0.2, 0.25) is 0 Å². The van der Waals surface area contributed by atoms with Crippen LogP contribution in [0.3, 0.4) is 0 Å². The average molecular weight is 488 g/mol. The van der Waals surface area contributed by atoms with Crippen LogP contribution in [0.15, 0.2) is 27.1 Å². The van der Waals surface area contributed by atoms with Gasteiger partial charge in [-0.25, -0.2) is 0 Å². The molecule has 25 heavy (non-hydrogen) atoms. The number of hydrogen-bond acceptors (Lipinski definition) is 4. The second-order valence-corrected chi connectivity index (χ2v) is 8.57. The minimum atomic E-state index is -0.494. The number of carbonyl (C=O) groups excluding carboxylic acids is 2. The average Bonchev–Trinajstić information content (AvgIpc) is 2.91. The Hall–Kier alpha value is -1.38. The summed E-state index contributed by atoms with van der Waals surface area (Å²) in [6.45, 7) is -0.152. The minimum absolute atomic E-state index is 0.152. The van der Waals surface area contributed by atoms with Gasteiger partial charge in [0.25, 0.3) is 11.8 Å². The molecular formula is C17H16Br2N2O3S. The molecule has 0 bridgehead atoms. The smallest absolute Gasteiger partial charge is 0.262 e. The van der Waals surface area contributed by atoms with Crippen molar-refractivity contribution >= 4 is 60.0 Å². The first-order valence-electron chi connectivity index (χ1n) is 7.77. The second-order valence-electron chi connectivity index (χ2n) is 5.69. The van der Waals surface area contributed by atoms with Crippen LogP contribution in [0.5, 0.6) is 5.75 Å². The standard InChI is InChI=1S/C17H16Br2N2O3S/c18-9-5-6-12(11(19)7-9)24-8-14(22)21-17-15(16(20)23)10-3-1-2-4-13(10)25-17/h5-7H,1-4,8H2,(H2,20,23)(H,21,22). The Bertz CT molecular complexity index is 836. The molecule has 0 saturated carbocycles. The van der Waals surface area contributed by atoms with Crippen LogP contribution in [-0.2, 0) is 17.6 Å². The van der Waals surface area contributed by atoms with Crippen LogP contribution in [0.1, 0.15) is 33.6 Å². The van der Waals surface area contributed by atoms with Crippen LogP contribution in [-0.4, -0.2) is 18.4 Å². The Kier molecular flexibility index (Phi) is 5.81. The Morgan fingerprint density at radius 2 is 2.00 bits per heavy atom. The van der Waals surface area contributed by atoms with Gasteiger partial charge in [0.15, 0.2) is 6.61 Å². The summed E-state index contributed by atoms with van der Waals surface area (Å²) >= 11 is 8.19. The summed E-state index contributed by atoms with van der Waals surface area (Å²) in [6.07, 6.45) is 3.90. The normalized spacial score (nSPS) is 13.2. The molecule has 1 heterocycles. The molecule has 1 aromatic carbocycles. The molecule has 1 aromatic heterocycles. The highest BCUT2D eigenvalue weighted by atomic mass is 79.9. The van der Waals surface area contributed by atoms with E-state index in [1.165, 1.54) is 11.3 Å². The summed E-state index contributed by atoms with van der Waals surface area (Å²) in [6, 6.07) is 5.43. The van der Waals surface area contributed by atoms with Crippen molar-refractivity contribution in [2.45, 2.75) is 25.7 Å². The van der Waals surface area contributed by atoms with Gasteiger partial charge in [-0.3, -0.25) is 9.59 Å². The number of amides is 2. The minimum Gasteiger partial charge on any atom is -0.483 e. The number of rotatable bonds is 5. The third-order valence-corrected chi connectivity index (χ3v) is 6.24. The zero-order valence-corrected chi connectivity index (χ0v) is 17.2. The number of fused-ring (bicyclic) bond motifs is 1. The second kappa shape index (κ2) is 7.88. The molecule has 0 fully saturated rings. The maximum Gasteiger partial charge on any atom is 0.262 e. The number of nitrogens with one attached hydrogen (secondary N) is 1. The zero-order valence-electron chi connectivity index (χ0n) is 13.2. The van der Waals surface area contributed by atoms with Crippen LogP contribution in [0, 0.1) is 0 Å². The van der Waals surface area contributed by atoms with Crippen LogP contribution < -0.4 is 15.8 Å².